The largest absolute Gasteiger partial charge is 0.480 e. The van der Waals surface area contributed by atoms with Crippen LogP contribution in [-0.4, -0.2) is 64.0 Å². The van der Waals surface area contributed by atoms with Gasteiger partial charge in [0.25, 0.3) is 5.91 Å². The average Bonchev–Trinajstić information content (AvgIpc) is 3.38. The molecule has 1 aliphatic heterocycles. The summed E-state index contributed by atoms with van der Waals surface area (Å²) in [4.78, 5) is 54.3. The summed E-state index contributed by atoms with van der Waals surface area (Å²) in [7, 11) is 0. The SMILES string of the molecule is NCCCC[C@H](C(=O)N1CCC[C@H]1C(=O)O)N(C(=O)OCc1ccccc1)C(=O)c1ccccc1. The first-order chi connectivity index (χ1) is 16.9. The van der Waals surface area contributed by atoms with E-state index < -0.39 is 36.0 Å². The molecule has 0 aromatic heterocycles. The average molecular weight is 482 g/mol. The predicted octanol–water partition coefficient (Wildman–Crippen LogP) is 3.04. The molecule has 1 aliphatic rings. The molecule has 0 radical (unpaired) electrons. The number of rotatable bonds is 10. The molecule has 2 aromatic rings. The standard InChI is InChI=1S/C26H31N3O6/c27-16-8-7-14-21(24(31)28-17-9-15-22(28)25(32)33)29(23(30)20-12-5-2-6-13-20)26(34)35-18-19-10-3-1-4-11-19/h1-6,10-13,21-22H,7-9,14-18,27H2,(H,32,33)/t21-,22+/m1/s1. The van der Waals surface area contributed by atoms with Gasteiger partial charge < -0.3 is 20.5 Å². The highest BCUT2D eigenvalue weighted by Crippen LogP contribution is 2.24. The molecule has 9 nitrogen and oxygen atoms in total. The minimum absolute atomic E-state index is 0.0799. The Balaban J connectivity index is 1.94. The van der Waals surface area contributed by atoms with E-state index in [-0.39, 0.29) is 25.1 Å². The number of carboxylic acids is 1. The van der Waals surface area contributed by atoms with Crippen LogP contribution in [0.4, 0.5) is 4.79 Å². The highest BCUT2D eigenvalue weighted by molar-refractivity contribution is 6.06. The van der Waals surface area contributed by atoms with E-state index in [1.165, 1.54) is 4.90 Å². The van der Waals surface area contributed by atoms with E-state index in [1.54, 1.807) is 54.6 Å². The van der Waals surface area contributed by atoms with Crippen molar-refractivity contribution in [2.75, 3.05) is 13.1 Å². The van der Waals surface area contributed by atoms with Crippen LogP contribution in [0.25, 0.3) is 0 Å². The fourth-order valence-electron chi connectivity index (χ4n) is 4.18. The van der Waals surface area contributed by atoms with Crippen LogP contribution in [0.5, 0.6) is 0 Å². The molecule has 3 rings (SSSR count). The molecule has 2 atom stereocenters. The molecule has 0 spiro atoms. The number of carbonyl (C=O) groups excluding carboxylic acids is 3. The summed E-state index contributed by atoms with van der Waals surface area (Å²) in [5.41, 5.74) is 6.57. The maximum absolute atomic E-state index is 13.6. The van der Waals surface area contributed by atoms with Crippen LogP contribution in [0.2, 0.25) is 0 Å². The quantitative estimate of drug-likeness (QED) is 0.499. The summed E-state index contributed by atoms with van der Waals surface area (Å²) in [6, 6.07) is 14.9. The van der Waals surface area contributed by atoms with Gasteiger partial charge in [-0.1, -0.05) is 48.5 Å². The van der Waals surface area contributed by atoms with Gasteiger partial charge in [-0.3, -0.25) is 9.59 Å². The Morgan fingerprint density at radius 3 is 2.31 bits per heavy atom. The molecule has 0 aliphatic carbocycles. The van der Waals surface area contributed by atoms with Crippen molar-refractivity contribution >= 4 is 23.9 Å². The van der Waals surface area contributed by atoms with Crippen molar-refractivity contribution in [1.82, 2.24) is 9.80 Å². The number of imide groups is 1. The second-order valence-corrected chi connectivity index (χ2v) is 8.41. The minimum Gasteiger partial charge on any atom is -0.480 e. The zero-order chi connectivity index (χ0) is 25.2. The Labute approximate surface area is 204 Å². The molecule has 2 aromatic carbocycles. The topological polar surface area (TPSA) is 130 Å². The molecule has 1 saturated heterocycles. The van der Waals surface area contributed by atoms with E-state index in [2.05, 4.69) is 0 Å². The number of carbonyl (C=O) groups is 4. The van der Waals surface area contributed by atoms with E-state index in [4.69, 9.17) is 10.5 Å². The number of benzene rings is 2. The lowest BCUT2D eigenvalue weighted by Crippen LogP contribution is -2.55. The zero-order valence-corrected chi connectivity index (χ0v) is 19.5. The maximum atomic E-state index is 13.6. The number of carboxylic acid groups (broad SMARTS) is 1. The van der Waals surface area contributed by atoms with E-state index in [0.29, 0.717) is 32.2 Å². The third-order valence-corrected chi connectivity index (χ3v) is 5.99. The van der Waals surface area contributed by atoms with Gasteiger partial charge in [-0.25, -0.2) is 14.5 Å². The third kappa shape index (κ3) is 6.66. The van der Waals surface area contributed by atoms with E-state index in [0.717, 1.165) is 10.5 Å². The predicted molar refractivity (Wildman–Crippen MR) is 128 cm³/mol. The Morgan fingerprint density at radius 2 is 1.69 bits per heavy atom. The summed E-state index contributed by atoms with van der Waals surface area (Å²) < 4.78 is 5.46. The van der Waals surface area contributed by atoms with E-state index >= 15 is 0 Å². The first kappa shape index (κ1) is 25.9. The van der Waals surface area contributed by atoms with Crippen LogP contribution in [-0.2, 0) is 20.9 Å². The summed E-state index contributed by atoms with van der Waals surface area (Å²) in [6.45, 7) is 0.548. The van der Waals surface area contributed by atoms with Gasteiger partial charge in [-0.15, -0.1) is 0 Å². The molecule has 186 valence electrons. The third-order valence-electron chi connectivity index (χ3n) is 5.99. The molecule has 3 N–H and O–H groups in total. The fourth-order valence-corrected chi connectivity index (χ4v) is 4.18. The number of nitrogens with zero attached hydrogens (tertiary/aromatic N) is 2. The first-order valence-electron chi connectivity index (χ1n) is 11.8. The number of amides is 3. The van der Waals surface area contributed by atoms with Gasteiger partial charge in [0.2, 0.25) is 5.91 Å². The van der Waals surface area contributed by atoms with E-state index in [1.807, 2.05) is 6.07 Å². The Hall–Kier alpha value is -3.72. The Kier molecular flexibility index (Phi) is 9.37. The number of hydrogen-bond acceptors (Lipinski definition) is 6. The van der Waals surface area contributed by atoms with Crippen molar-refractivity contribution in [1.29, 1.82) is 0 Å². The summed E-state index contributed by atoms with van der Waals surface area (Å²) in [5.74, 6) is -2.36. The fraction of sp³-hybridized carbons (Fsp3) is 0.385. The second-order valence-electron chi connectivity index (χ2n) is 8.41. The zero-order valence-electron chi connectivity index (χ0n) is 19.5. The number of aliphatic carboxylic acids is 1. The van der Waals surface area contributed by atoms with Gasteiger partial charge >= 0.3 is 12.1 Å². The van der Waals surface area contributed by atoms with Crippen LogP contribution < -0.4 is 5.73 Å². The number of ether oxygens (including phenoxy) is 1. The molecule has 35 heavy (non-hydrogen) atoms. The molecular weight excluding hydrogens is 450 g/mol. The van der Waals surface area contributed by atoms with Crippen LogP contribution in [0, 0.1) is 0 Å². The lowest BCUT2D eigenvalue weighted by Gasteiger charge is -2.33. The van der Waals surface area contributed by atoms with Gasteiger partial charge in [-0.05, 0) is 56.3 Å². The molecule has 1 heterocycles. The van der Waals surface area contributed by atoms with Gasteiger partial charge in [0, 0.05) is 12.1 Å². The van der Waals surface area contributed by atoms with Gasteiger partial charge in [0.05, 0.1) is 0 Å². The molecule has 9 heteroatoms. The molecule has 0 bridgehead atoms. The Bertz CT molecular complexity index is 1010. The van der Waals surface area contributed by atoms with Crippen LogP contribution >= 0.6 is 0 Å². The van der Waals surface area contributed by atoms with Gasteiger partial charge in [0.15, 0.2) is 0 Å². The minimum atomic E-state index is -1.21. The highest BCUT2D eigenvalue weighted by Gasteiger charge is 2.43. The smallest absolute Gasteiger partial charge is 0.417 e. The Morgan fingerprint density at radius 1 is 1.03 bits per heavy atom. The van der Waals surface area contributed by atoms with Crippen molar-refractivity contribution in [2.45, 2.75) is 50.8 Å². The van der Waals surface area contributed by atoms with Crippen LogP contribution in [0.15, 0.2) is 60.7 Å². The van der Waals surface area contributed by atoms with Crippen molar-refractivity contribution in [3.8, 4) is 0 Å². The number of nitrogens with two attached hydrogens (primary N) is 1. The first-order valence-corrected chi connectivity index (χ1v) is 11.8. The maximum Gasteiger partial charge on any atom is 0.417 e. The summed E-state index contributed by atoms with van der Waals surface area (Å²) >= 11 is 0. The lowest BCUT2D eigenvalue weighted by atomic mass is 10.0. The van der Waals surface area contributed by atoms with Crippen LogP contribution in [0.1, 0.15) is 48.0 Å². The van der Waals surface area contributed by atoms with Gasteiger partial charge in [-0.2, -0.15) is 0 Å². The van der Waals surface area contributed by atoms with E-state index in [9.17, 15) is 24.3 Å². The van der Waals surface area contributed by atoms with Crippen molar-refractivity contribution in [3.05, 3.63) is 71.8 Å². The van der Waals surface area contributed by atoms with Gasteiger partial charge in [0.1, 0.15) is 18.7 Å². The van der Waals surface area contributed by atoms with Crippen molar-refractivity contribution < 1.29 is 29.0 Å². The number of unbranched alkanes of at least 4 members (excludes halogenated alkanes) is 1. The molecule has 0 unspecified atom stereocenters. The second kappa shape index (κ2) is 12.7. The highest BCUT2D eigenvalue weighted by atomic mass is 16.6. The normalized spacial score (nSPS) is 15.9. The van der Waals surface area contributed by atoms with Crippen molar-refractivity contribution in [3.63, 3.8) is 0 Å². The molecule has 1 fully saturated rings. The summed E-state index contributed by atoms with van der Waals surface area (Å²) in [5, 5.41) is 9.59. The monoisotopic (exact) mass is 481 g/mol. The molecule has 3 amide bonds. The molecular formula is C26H31N3O6. The number of likely N-dealkylation sites (tertiary alicyclic amines) is 1. The lowest BCUT2D eigenvalue weighted by molar-refractivity contribution is -0.150. The number of hydrogen-bond donors (Lipinski definition) is 2. The molecule has 0 saturated carbocycles. The van der Waals surface area contributed by atoms with Crippen molar-refractivity contribution in [2.24, 2.45) is 5.73 Å². The van der Waals surface area contributed by atoms with Crippen LogP contribution in [0.3, 0.4) is 0 Å². The summed E-state index contributed by atoms with van der Waals surface area (Å²) in [6.07, 6.45) is 1.10.